The van der Waals surface area contributed by atoms with Gasteiger partial charge in [-0.05, 0) is 36.8 Å². The lowest BCUT2D eigenvalue weighted by molar-refractivity contribution is -0.118. The van der Waals surface area contributed by atoms with Gasteiger partial charge in [-0.15, -0.1) is 0 Å². The molecule has 28 heavy (non-hydrogen) atoms. The summed E-state index contributed by atoms with van der Waals surface area (Å²) in [5.74, 6) is 1.65. The van der Waals surface area contributed by atoms with E-state index in [1.165, 1.54) is 0 Å². The summed E-state index contributed by atoms with van der Waals surface area (Å²) >= 11 is 0. The molecule has 6 nitrogen and oxygen atoms in total. The third kappa shape index (κ3) is 5.29. The number of amides is 1. The van der Waals surface area contributed by atoms with Gasteiger partial charge in [0.25, 0.3) is 0 Å². The number of aromatic nitrogens is 1. The van der Waals surface area contributed by atoms with Crippen molar-refractivity contribution in [3.05, 3.63) is 71.6 Å². The maximum atomic E-state index is 12.4. The van der Waals surface area contributed by atoms with Crippen LogP contribution in [0.5, 0.6) is 5.75 Å². The molecule has 146 valence electrons. The second kappa shape index (κ2) is 9.32. The molecule has 0 unspecified atom stereocenters. The van der Waals surface area contributed by atoms with Crippen LogP contribution in [0.1, 0.15) is 17.0 Å². The standard InChI is InChI=1S/C21H22N2O4S/c1-15-19(23-21(27-15)17-8-10-18(26-2)11-9-17)13-28(25)14-20(24)22-12-16-6-4-3-5-7-16/h3-11H,12-14H2,1-2H3,(H,22,24)/t28-/m1/s1. The predicted octanol–water partition coefficient (Wildman–Crippen LogP) is 3.22. The molecule has 0 saturated carbocycles. The average Bonchev–Trinajstić information content (AvgIpc) is 3.07. The van der Waals surface area contributed by atoms with Crippen LogP contribution < -0.4 is 10.1 Å². The molecular weight excluding hydrogens is 376 g/mol. The third-order valence-electron chi connectivity index (χ3n) is 4.15. The minimum absolute atomic E-state index is 0.0724. The highest BCUT2D eigenvalue weighted by molar-refractivity contribution is 7.84. The number of hydrogen-bond donors (Lipinski definition) is 1. The highest BCUT2D eigenvalue weighted by Crippen LogP contribution is 2.24. The lowest BCUT2D eigenvalue weighted by Crippen LogP contribution is -2.28. The van der Waals surface area contributed by atoms with Gasteiger partial charge in [0.05, 0.1) is 18.6 Å². The molecule has 0 radical (unpaired) electrons. The first-order valence-electron chi connectivity index (χ1n) is 8.81. The molecule has 0 fully saturated rings. The predicted molar refractivity (Wildman–Crippen MR) is 108 cm³/mol. The minimum atomic E-state index is -1.37. The molecule has 2 aromatic carbocycles. The van der Waals surface area contributed by atoms with Crippen LogP contribution in [-0.2, 0) is 27.9 Å². The average molecular weight is 398 g/mol. The van der Waals surface area contributed by atoms with Gasteiger partial charge in [-0.25, -0.2) is 4.98 Å². The number of nitrogens with one attached hydrogen (secondary N) is 1. The number of hydrogen-bond acceptors (Lipinski definition) is 5. The summed E-state index contributed by atoms with van der Waals surface area (Å²) in [6.07, 6.45) is 0. The van der Waals surface area contributed by atoms with Crippen molar-refractivity contribution in [3.8, 4) is 17.2 Å². The van der Waals surface area contributed by atoms with Gasteiger partial charge in [0, 0.05) is 22.9 Å². The summed E-state index contributed by atoms with van der Waals surface area (Å²) in [5, 5.41) is 2.78. The van der Waals surface area contributed by atoms with E-state index in [1.54, 1.807) is 14.0 Å². The van der Waals surface area contributed by atoms with Crippen molar-refractivity contribution in [2.24, 2.45) is 0 Å². The number of carbonyl (C=O) groups is 1. The smallest absolute Gasteiger partial charge is 0.232 e. The zero-order valence-electron chi connectivity index (χ0n) is 15.8. The summed E-state index contributed by atoms with van der Waals surface area (Å²) in [5.41, 5.74) is 2.40. The Labute approximate surface area is 166 Å². The number of nitrogens with zero attached hydrogens (tertiary/aromatic N) is 1. The van der Waals surface area contributed by atoms with Crippen LogP contribution in [0.15, 0.2) is 59.0 Å². The first kappa shape index (κ1) is 19.8. The lowest BCUT2D eigenvalue weighted by Gasteiger charge is -2.05. The molecule has 1 N–H and O–H groups in total. The molecule has 0 aliphatic carbocycles. The van der Waals surface area contributed by atoms with Crippen LogP contribution in [-0.4, -0.2) is 28.0 Å². The molecule has 3 aromatic rings. The molecule has 0 bridgehead atoms. The molecule has 0 saturated heterocycles. The molecule has 0 aliphatic heterocycles. The fraction of sp³-hybridized carbons (Fsp3) is 0.238. The van der Waals surface area contributed by atoms with Crippen molar-refractivity contribution < 1.29 is 18.2 Å². The first-order valence-corrected chi connectivity index (χ1v) is 10.3. The van der Waals surface area contributed by atoms with Crippen molar-refractivity contribution in [1.29, 1.82) is 0 Å². The van der Waals surface area contributed by atoms with E-state index in [1.807, 2.05) is 54.6 Å². The minimum Gasteiger partial charge on any atom is -0.497 e. The summed E-state index contributed by atoms with van der Waals surface area (Å²) in [6, 6.07) is 16.9. The number of oxazole rings is 1. The maximum absolute atomic E-state index is 12.4. The number of ether oxygens (including phenoxy) is 1. The van der Waals surface area contributed by atoms with Crippen LogP contribution >= 0.6 is 0 Å². The fourth-order valence-corrected chi connectivity index (χ4v) is 3.69. The highest BCUT2D eigenvalue weighted by Gasteiger charge is 2.16. The Morgan fingerprint density at radius 1 is 1.14 bits per heavy atom. The molecular formula is C21H22N2O4S. The van der Waals surface area contributed by atoms with E-state index in [4.69, 9.17) is 9.15 Å². The Balaban J connectivity index is 1.56. The van der Waals surface area contributed by atoms with E-state index in [9.17, 15) is 9.00 Å². The monoisotopic (exact) mass is 398 g/mol. The first-order chi connectivity index (χ1) is 13.5. The number of rotatable bonds is 8. The van der Waals surface area contributed by atoms with Gasteiger partial charge in [-0.1, -0.05) is 30.3 Å². The summed E-state index contributed by atoms with van der Waals surface area (Å²) in [4.78, 5) is 16.5. The Bertz CT molecular complexity index is 952. The summed E-state index contributed by atoms with van der Waals surface area (Å²) in [6.45, 7) is 2.20. The van der Waals surface area contributed by atoms with Gasteiger partial charge in [0.15, 0.2) is 0 Å². The van der Waals surface area contributed by atoms with Crippen molar-refractivity contribution in [2.45, 2.75) is 19.2 Å². The van der Waals surface area contributed by atoms with E-state index in [2.05, 4.69) is 10.3 Å². The molecule has 1 atom stereocenters. The zero-order valence-corrected chi connectivity index (χ0v) is 16.6. The van der Waals surface area contributed by atoms with Gasteiger partial charge in [0.1, 0.15) is 17.3 Å². The largest absolute Gasteiger partial charge is 0.497 e. The Hall–Kier alpha value is -2.93. The van der Waals surface area contributed by atoms with Gasteiger partial charge >= 0.3 is 0 Å². The molecule has 1 aromatic heterocycles. The molecule has 3 rings (SSSR count). The van der Waals surface area contributed by atoms with Crippen molar-refractivity contribution in [1.82, 2.24) is 10.3 Å². The highest BCUT2D eigenvalue weighted by atomic mass is 32.2. The van der Waals surface area contributed by atoms with E-state index in [-0.39, 0.29) is 17.4 Å². The number of benzene rings is 2. The maximum Gasteiger partial charge on any atom is 0.232 e. The van der Waals surface area contributed by atoms with Crippen LogP contribution in [0, 0.1) is 6.92 Å². The van der Waals surface area contributed by atoms with Gasteiger partial charge in [0.2, 0.25) is 11.8 Å². The van der Waals surface area contributed by atoms with Crippen molar-refractivity contribution in [2.75, 3.05) is 12.9 Å². The van der Waals surface area contributed by atoms with Crippen LogP contribution in [0.4, 0.5) is 0 Å². The zero-order chi connectivity index (χ0) is 19.9. The van der Waals surface area contributed by atoms with Gasteiger partial charge in [-0.3, -0.25) is 9.00 Å². The van der Waals surface area contributed by atoms with Crippen LogP contribution in [0.3, 0.4) is 0 Å². The number of aryl methyl sites for hydroxylation is 1. The van der Waals surface area contributed by atoms with Crippen LogP contribution in [0.25, 0.3) is 11.5 Å². The molecule has 0 spiro atoms. The lowest BCUT2D eigenvalue weighted by atomic mass is 10.2. The summed E-state index contributed by atoms with van der Waals surface area (Å²) in [7, 11) is 0.233. The topological polar surface area (TPSA) is 81.4 Å². The van der Waals surface area contributed by atoms with E-state index >= 15 is 0 Å². The molecule has 0 aliphatic rings. The SMILES string of the molecule is COc1ccc(-c2nc(C[S@@](=O)CC(=O)NCc3ccccc3)c(C)o2)cc1. The Kier molecular flexibility index (Phi) is 6.60. The Morgan fingerprint density at radius 3 is 2.54 bits per heavy atom. The van der Waals surface area contributed by atoms with Crippen LogP contribution in [0.2, 0.25) is 0 Å². The van der Waals surface area contributed by atoms with Crippen molar-refractivity contribution >= 4 is 16.7 Å². The van der Waals surface area contributed by atoms with Gasteiger partial charge in [-0.2, -0.15) is 0 Å². The second-order valence-electron chi connectivity index (χ2n) is 6.24. The molecule has 1 amide bonds. The third-order valence-corrected chi connectivity index (χ3v) is 5.33. The van der Waals surface area contributed by atoms with Crippen molar-refractivity contribution in [3.63, 3.8) is 0 Å². The fourth-order valence-electron chi connectivity index (χ4n) is 2.62. The number of methoxy groups -OCH3 is 1. The molecule has 7 heteroatoms. The Morgan fingerprint density at radius 2 is 1.86 bits per heavy atom. The van der Waals surface area contributed by atoms with E-state index in [0.717, 1.165) is 16.9 Å². The van der Waals surface area contributed by atoms with Gasteiger partial charge < -0.3 is 14.5 Å². The second-order valence-corrected chi connectivity index (χ2v) is 7.70. The number of carbonyl (C=O) groups excluding carboxylic acids is 1. The normalized spacial score (nSPS) is 11.8. The van der Waals surface area contributed by atoms with E-state index < -0.39 is 10.8 Å². The quantitative estimate of drug-likeness (QED) is 0.630. The summed E-state index contributed by atoms with van der Waals surface area (Å²) < 4.78 is 23.2. The molecule has 1 heterocycles. The van der Waals surface area contributed by atoms with E-state index in [0.29, 0.717) is 23.9 Å².